The molecule has 0 fully saturated rings. The molecule has 2 N–H and O–H groups in total. The minimum absolute atomic E-state index is 0.267. The molecule has 0 atom stereocenters. The molecule has 0 saturated heterocycles. The average molecular weight is 214 g/mol. The van der Waals surface area contributed by atoms with E-state index in [1.807, 2.05) is 12.1 Å². The van der Waals surface area contributed by atoms with Crippen molar-refractivity contribution in [3.63, 3.8) is 0 Å². The second kappa shape index (κ2) is 4.88. The van der Waals surface area contributed by atoms with Gasteiger partial charge in [0, 0.05) is 6.20 Å². The molecule has 0 aliphatic rings. The maximum Gasteiger partial charge on any atom is 0.171 e. The molecule has 5 heteroatoms. The summed E-state index contributed by atoms with van der Waals surface area (Å²) in [5.74, 6) is 0.890. The number of nitrogens with two attached hydrogens (primary N) is 1. The quantitative estimate of drug-likeness (QED) is 0.476. The Morgan fingerprint density at radius 1 is 1.31 bits per heavy atom. The van der Waals surface area contributed by atoms with Gasteiger partial charge in [0.2, 0.25) is 0 Å². The van der Waals surface area contributed by atoms with Crippen LogP contribution in [0.5, 0.6) is 0 Å². The summed E-state index contributed by atoms with van der Waals surface area (Å²) in [4.78, 5) is 4.04. The molecule has 0 spiro atoms. The summed E-state index contributed by atoms with van der Waals surface area (Å²) in [6.07, 6.45) is 4.69. The second-order valence-electron chi connectivity index (χ2n) is 2.96. The van der Waals surface area contributed by atoms with Gasteiger partial charge >= 0.3 is 0 Å². The van der Waals surface area contributed by atoms with Crippen molar-refractivity contribution in [2.45, 2.75) is 0 Å². The third-order valence-electron chi connectivity index (χ3n) is 1.82. The topological polar surface area (TPSA) is 76.8 Å². The maximum absolute atomic E-state index is 5.68. The van der Waals surface area contributed by atoms with Gasteiger partial charge in [-0.2, -0.15) is 5.10 Å². The fourth-order valence-corrected chi connectivity index (χ4v) is 1.08. The monoisotopic (exact) mass is 214 g/mol. The standard InChI is InChI=1S/C11H10N4O/c12-11(10-5-1-2-6-13-10)15-14-8-9-4-3-7-16-9/h1-8H,(H2,12,15)/b14-8-. The van der Waals surface area contributed by atoms with Crippen LogP contribution in [0.15, 0.2) is 57.4 Å². The van der Waals surface area contributed by atoms with E-state index in [2.05, 4.69) is 15.2 Å². The fraction of sp³-hybridized carbons (Fsp3) is 0. The van der Waals surface area contributed by atoms with Gasteiger partial charge in [-0.1, -0.05) is 6.07 Å². The Hall–Kier alpha value is -2.43. The molecule has 2 aromatic rings. The first kappa shape index (κ1) is 10.1. The molecule has 5 nitrogen and oxygen atoms in total. The number of hydrogen-bond donors (Lipinski definition) is 1. The third-order valence-corrected chi connectivity index (χ3v) is 1.82. The maximum atomic E-state index is 5.68. The van der Waals surface area contributed by atoms with Gasteiger partial charge in [0.05, 0.1) is 12.5 Å². The van der Waals surface area contributed by atoms with Crippen molar-refractivity contribution in [3.8, 4) is 0 Å². The van der Waals surface area contributed by atoms with Gasteiger partial charge in [-0.15, -0.1) is 5.10 Å². The highest BCUT2D eigenvalue weighted by atomic mass is 16.3. The van der Waals surface area contributed by atoms with Crippen molar-refractivity contribution in [1.82, 2.24) is 4.98 Å². The van der Waals surface area contributed by atoms with E-state index in [4.69, 9.17) is 10.2 Å². The highest BCUT2D eigenvalue weighted by Gasteiger charge is 1.96. The van der Waals surface area contributed by atoms with E-state index in [0.717, 1.165) is 0 Å². The molecule has 0 saturated carbocycles. The zero-order valence-electron chi connectivity index (χ0n) is 8.45. The molecule has 0 amide bonds. The van der Waals surface area contributed by atoms with Crippen molar-refractivity contribution >= 4 is 12.1 Å². The van der Waals surface area contributed by atoms with Crippen molar-refractivity contribution in [2.75, 3.05) is 0 Å². The highest BCUT2D eigenvalue weighted by molar-refractivity contribution is 5.95. The third kappa shape index (κ3) is 2.54. The molecule has 80 valence electrons. The van der Waals surface area contributed by atoms with E-state index in [1.54, 1.807) is 30.7 Å². The lowest BCUT2D eigenvalue weighted by atomic mass is 10.3. The molecule has 2 rings (SSSR count). The largest absolute Gasteiger partial charge is 0.463 e. The lowest BCUT2D eigenvalue weighted by molar-refractivity contribution is 0.560. The highest BCUT2D eigenvalue weighted by Crippen LogP contribution is 1.96. The Morgan fingerprint density at radius 3 is 2.94 bits per heavy atom. The van der Waals surface area contributed by atoms with Crippen LogP contribution in [0.25, 0.3) is 0 Å². The molecular formula is C11H10N4O. The van der Waals surface area contributed by atoms with Gasteiger partial charge in [-0.25, -0.2) is 0 Å². The minimum Gasteiger partial charge on any atom is -0.463 e. The normalized spacial score (nSPS) is 12.1. The van der Waals surface area contributed by atoms with Gasteiger partial charge in [0.15, 0.2) is 5.84 Å². The summed E-state index contributed by atoms with van der Waals surface area (Å²) in [6.45, 7) is 0. The van der Waals surface area contributed by atoms with Gasteiger partial charge < -0.3 is 10.2 Å². The first-order valence-electron chi connectivity index (χ1n) is 4.67. The SMILES string of the molecule is N/C(=N/N=C\c1ccco1)c1ccccn1. The Morgan fingerprint density at radius 2 is 2.25 bits per heavy atom. The number of pyridine rings is 1. The van der Waals surface area contributed by atoms with E-state index in [1.165, 1.54) is 6.21 Å². The molecule has 0 aliphatic carbocycles. The zero-order valence-corrected chi connectivity index (χ0v) is 8.45. The van der Waals surface area contributed by atoms with E-state index in [-0.39, 0.29) is 5.84 Å². The average Bonchev–Trinajstić information content (AvgIpc) is 2.83. The molecule has 0 aliphatic heterocycles. The fourth-order valence-electron chi connectivity index (χ4n) is 1.08. The summed E-state index contributed by atoms with van der Waals surface area (Å²) in [7, 11) is 0. The predicted octanol–water partition coefficient (Wildman–Crippen LogP) is 1.41. The summed E-state index contributed by atoms with van der Waals surface area (Å²) in [5.41, 5.74) is 6.27. The molecule has 16 heavy (non-hydrogen) atoms. The molecule has 0 bridgehead atoms. The van der Waals surface area contributed by atoms with Crippen LogP contribution < -0.4 is 5.73 Å². The van der Waals surface area contributed by atoms with E-state index in [0.29, 0.717) is 11.5 Å². The van der Waals surface area contributed by atoms with E-state index < -0.39 is 0 Å². The van der Waals surface area contributed by atoms with Gasteiger partial charge in [-0.05, 0) is 24.3 Å². The van der Waals surface area contributed by atoms with Crippen LogP contribution in [0.2, 0.25) is 0 Å². The van der Waals surface area contributed by atoms with Crippen LogP contribution in [-0.2, 0) is 0 Å². The Kier molecular flexibility index (Phi) is 3.08. The summed E-state index contributed by atoms with van der Waals surface area (Å²) in [6, 6.07) is 8.95. The molecule has 0 aromatic carbocycles. The van der Waals surface area contributed by atoms with Gasteiger partial charge in [-0.3, -0.25) is 4.98 Å². The Balaban J connectivity index is 2.08. The van der Waals surface area contributed by atoms with E-state index in [9.17, 15) is 0 Å². The minimum atomic E-state index is 0.267. The van der Waals surface area contributed by atoms with Crippen LogP contribution in [0.4, 0.5) is 0 Å². The number of amidine groups is 1. The van der Waals surface area contributed by atoms with E-state index >= 15 is 0 Å². The summed E-state index contributed by atoms with van der Waals surface area (Å²) < 4.78 is 5.05. The Labute approximate surface area is 92.3 Å². The smallest absolute Gasteiger partial charge is 0.171 e. The van der Waals surface area contributed by atoms with Crippen molar-refractivity contribution in [2.24, 2.45) is 15.9 Å². The molecule has 0 unspecified atom stereocenters. The molecule has 0 radical (unpaired) electrons. The molecule has 2 heterocycles. The number of aromatic nitrogens is 1. The van der Waals surface area contributed by atoms with Crippen molar-refractivity contribution in [3.05, 3.63) is 54.2 Å². The molecular weight excluding hydrogens is 204 g/mol. The second-order valence-corrected chi connectivity index (χ2v) is 2.96. The van der Waals surface area contributed by atoms with Crippen LogP contribution in [0.1, 0.15) is 11.5 Å². The Bertz CT molecular complexity index is 488. The molecule has 2 aromatic heterocycles. The summed E-state index contributed by atoms with van der Waals surface area (Å²) >= 11 is 0. The van der Waals surface area contributed by atoms with Crippen LogP contribution in [0.3, 0.4) is 0 Å². The van der Waals surface area contributed by atoms with Crippen LogP contribution in [0, 0.1) is 0 Å². The number of rotatable bonds is 3. The lowest BCUT2D eigenvalue weighted by Gasteiger charge is -1.94. The van der Waals surface area contributed by atoms with Gasteiger partial charge in [0.1, 0.15) is 11.5 Å². The first-order valence-corrected chi connectivity index (χ1v) is 4.67. The van der Waals surface area contributed by atoms with Crippen LogP contribution >= 0.6 is 0 Å². The van der Waals surface area contributed by atoms with Crippen molar-refractivity contribution < 1.29 is 4.42 Å². The predicted molar refractivity (Wildman–Crippen MR) is 61.3 cm³/mol. The number of nitrogens with zero attached hydrogens (tertiary/aromatic N) is 3. The summed E-state index contributed by atoms with van der Waals surface area (Å²) in [5, 5.41) is 7.60. The van der Waals surface area contributed by atoms with Crippen molar-refractivity contribution in [1.29, 1.82) is 0 Å². The van der Waals surface area contributed by atoms with Gasteiger partial charge in [0.25, 0.3) is 0 Å². The zero-order chi connectivity index (χ0) is 11.2. The number of furan rings is 1. The lowest BCUT2D eigenvalue weighted by Crippen LogP contribution is -2.14. The number of hydrogen-bond acceptors (Lipinski definition) is 4. The first-order chi connectivity index (χ1) is 7.86. The van der Waals surface area contributed by atoms with Crippen LogP contribution in [-0.4, -0.2) is 17.0 Å².